The molecule has 4 heteroatoms. The van der Waals surface area contributed by atoms with Gasteiger partial charge in [-0.2, -0.15) is 5.26 Å². The van der Waals surface area contributed by atoms with E-state index in [0.717, 1.165) is 30.6 Å². The molecule has 0 amide bonds. The van der Waals surface area contributed by atoms with Crippen molar-refractivity contribution in [2.45, 2.75) is 45.1 Å². The second-order valence-electron chi connectivity index (χ2n) is 5.16. The molecule has 1 aromatic heterocycles. The van der Waals surface area contributed by atoms with Gasteiger partial charge in [-0.25, -0.2) is 0 Å². The first-order chi connectivity index (χ1) is 8.61. The van der Waals surface area contributed by atoms with Crippen LogP contribution < -0.4 is 0 Å². The quantitative estimate of drug-likeness (QED) is 0.885. The third-order valence-corrected chi connectivity index (χ3v) is 5.47. The van der Waals surface area contributed by atoms with Crippen LogP contribution >= 0.6 is 22.9 Å². The molecule has 1 aliphatic rings. The smallest absolute Gasteiger partial charge is 0.107 e. The van der Waals surface area contributed by atoms with Gasteiger partial charge in [-0.05, 0) is 43.7 Å². The SMILES string of the molecule is CCC1CCC(C#N)(C(O)c2ccc(Cl)s2)CC1. The molecule has 2 rings (SSSR count). The van der Waals surface area contributed by atoms with Crippen molar-refractivity contribution in [2.24, 2.45) is 11.3 Å². The molecule has 1 aliphatic carbocycles. The molecule has 0 radical (unpaired) electrons. The summed E-state index contributed by atoms with van der Waals surface area (Å²) in [6.07, 6.45) is 4.14. The van der Waals surface area contributed by atoms with E-state index in [9.17, 15) is 10.4 Å². The van der Waals surface area contributed by atoms with Crippen LogP contribution in [0, 0.1) is 22.7 Å². The standard InChI is InChI=1S/C14H18ClNOS/c1-2-10-5-7-14(9-16,8-6-10)13(17)11-3-4-12(15)18-11/h3-4,10,13,17H,2,5-8H2,1H3. The molecule has 0 aromatic carbocycles. The molecule has 1 heterocycles. The van der Waals surface area contributed by atoms with E-state index in [1.807, 2.05) is 6.07 Å². The third-order valence-electron chi connectivity index (χ3n) is 4.18. The lowest BCUT2D eigenvalue weighted by Gasteiger charge is -2.37. The molecule has 0 spiro atoms. The molecule has 1 N–H and O–H groups in total. The molecular weight excluding hydrogens is 266 g/mol. The molecule has 98 valence electrons. The lowest BCUT2D eigenvalue weighted by atomic mass is 9.67. The number of hydrogen-bond acceptors (Lipinski definition) is 3. The van der Waals surface area contributed by atoms with E-state index in [4.69, 9.17) is 11.6 Å². The average molecular weight is 284 g/mol. The van der Waals surface area contributed by atoms with Gasteiger partial charge in [0.05, 0.1) is 15.8 Å². The highest BCUT2D eigenvalue weighted by atomic mass is 35.5. The topological polar surface area (TPSA) is 44.0 Å². The second-order valence-corrected chi connectivity index (χ2v) is 6.91. The largest absolute Gasteiger partial charge is 0.386 e. The highest BCUT2D eigenvalue weighted by molar-refractivity contribution is 7.16. The van der Waals surface area contributed by atoms with E-state index in [0.29, 0.717) is 10.3 Å². The lowest BCUT2D eigenvalue weighted by molar-refractivity contribution is 0.0267. The van der Waals surface area contributed by atoms with Crippen LogP contribution in [-0.2, 0) is 0 Å². The summed E-state index contributed by atoms with van der Waals surface area (Å²) >= 11 is 7.28. The van der Waals surface area contributed by atoms with Crippen LogP contribution in [0.1, 0.15) is 50.0 Å². The second kappa shape index (κ2) is 5.61. The summed E-state index contributed by atoms with van der Waals surface area (Å²) in [5, 5.41) is 20.0. The molecule has 0 saturated heterocycles. The van der Waals surface area contributed by atoms with Crippen LogP contribution in [0.4, 0.5) is 0 Å². The summed E-state index contributed by atoms with van der Waals surface area (Å²) < 4.78 is 0.666. The Labute approximate surface area is 117 Å². The van der Waals surface area contributed by atoms with E-state index < -0.39 is 11.5 Å². The van der Waals surface area contributed by atoms with Gasteiger partial charge < -0.3 is 5.11 Å². The van der Waals surface area contributed by atoms with Gasteiger partial charge in [-0.1, -0.05) is 24.9 Å². The maximum Gasteiger partial charge on any atom is 0.107 e. The Morgan fingerprint density at radius 1 is 1.56 bits per heavy atom. The normalized spacial score (nSPS) is 29.8. The van der Waals surface area contributed by atoms with E-state index in [-0.39, 0.29) is 0 Å². The van der Waals surface area contributed by atoms with Gasteiger partial charge in [0.2, 0.25) is 0 Å². The molecule has 2 nitrogen and oxygen atoms in total. The summed E-state index contributed by atoms with van der Waals surface area (Å²) in [6, 6.07) is 6.00. The van der Waals surface area contributed by atoms with Gasteiger partial charge in [0.1, 0.15) is 6.10 Å². The Kier molecular flexibility index (Phi) is 4.32. The highest BCUT2D eigenvalue weighted by Crippen LogP contribution is 2.49. The van der Waals surface area contributed by atoms with Crippen molar-refractivity contribution in [3.63, 3.8) is 0 Å². The minimum Gasteiger partial charge on any atom is -0.386 e. The number of rotatable bonds is 3. The Morgan fingerprint density at radius 3 is 2.67 bits per heavy atom. The average Bonchev–Trinajstić information content (AvgIpc) is 2.84. The van der Waals surface area contributed by atoms with E-state index in [2.05, 4.69) is 13.0 Å². The summed E-state index contributed by atoms with van der Waals surface area (Å²) in [7, 11) is 0. The van der Waals surface area contributed by atoms with E-state index in [1.54, 1.807) is 6.07 Å². The van der Waals surface area contributed by atoms with E-state index in [1.165, 1.54) is 17.8 Å². The van der Waals surface area contributed by atoms with Gasteiger partial charge in [0, 0.05) is 4.88 Å². The predicted octanol–water partition coefficient (Wildman–Crippen LogP) is 4.55. The maximum absolute atomic E-state index is 10.5. The number of thiophene rings is 1. The zero-order valence-electron chi connectivity index (χ0n) is 10.5. The fourth-order valence-electron chi connectivity index (χ4n) is 2.79. The molecule has 1 aromatic rings. The fourth-order valence-corrected chi connectivity index (χ4v) is 3.96. The van der Waals surface area contributed by atoms with Crippen molar-refractivity contribution in [2.75, 3.05) is 0 Å². The number of aliphatic hydroxyl groups is 1. The number of nitrogens with zero attached hydrogens (tertiary/aromatic N) is 1. The zero-order valence-corrected chi connectivity index (χ0v) is 12.1. The molecule has 0 bridgehead atoms. The van der Waals surface area contributed by atoms with Crippen LogP contribution in [0.25, 0.3) is 0 Å². The van der Waals surface area contributed by atoms with Crippen LogP contribution in [0.3, 0.4) is 0 Å². The molecule has 1 atom stereocenters. The van der Waals surface area contributed by atoms with Gasteiger partial charge in [0.15, 0.2) is 0 Å². The Morgan fingerprint density at radius 2 is 2.22 bits per heavy atom. The van der Waals surface area contributed by atoms with E-state index >= 15 is 0 Å². The summed E-state index contributed by atoms with van der Waals surface area (Å²) in [5.41, 5.74) is -0.611. The lowest BCUT2D eigenvalue weighted by Crippen LogP contribution is -2.32. The molecule has 1 unspecified atom stereocenters. The number of halogens is 1. The minimum absolute atomic E-state index is 0.611. The van der Waals surface area contributed by atoms with Crippen molar-refractivity contribution < 1.29 is 5.11 Å². The summed E-state index contributed by atoms with van der Waals surface area (Å²) in [6.45, 7) is 2.19. The van der Waals surface area contributed by atoms with Gasteiger partial charge >= 0.3 is 0 Å². The van der Waals surface area contributed by atoms with Crippen LogP contribution in [0.5, 0.6) is 0 Å². The Balaban J connectivity index is 2.16. The summed E-state index contributed by atoms with van der Waals surface area (Å²) in [4.78, 5) is 0.816. The van der Waals surface area contributed by atoms with Crippen LogP contribution in [0.2, 0.25) is 4.34 Å². The van der Waals surface area contributed by atoms with Crippen molar-refractivity contribution in [3.05, 3.63) is 21.3 Å². The van der Waals surface area contributed by atoms with Crippen molar-refractivity contribution >= 4 is 22.9 Å². The number of nitriles is 1. The molecule has 1 saturated carbocycles. The highest BCUT2D eigenvalue weighted by Gasteiger charge is 2.42. The zero-order chi connectivity index (χ0) is 13.2. The summed E-state index contributed by atoms with van der Waals surface area (Å²) in [5.74, 6) is 0.714. The number of aliphatic hydroxyl groups excluding tert-OH is 1. The minimum atomic E-state index is -0.696. The van der Waals surface area contributed by atoms with Gasteiger partial charge in [0.25, 0.3) is 0 Å². The molecular formula is C14H18ClNOS. The maximum atomic E-state index is 10.5. The Hall–Kier alpha value is -0.560. The first kappa shape index (κ1) is 13.9. The van der Waals surface area contributed by atoms with Crippen molar-refractivity contribution in [1.82, 2.24) is 0 Å². The first-order valence-electron chi connectivity index (χ1n) is 6.46. The van der Waals surface area contributed by atoms with Crippen molar-refractivity contribution in [3.8, 4) is 6.07 Å². The van der Waals surface area contributed by atoms with Crippen molar-refractivity contribution in [1.29, 1.82) is 5.26 Å². The first-order valence-corrected chi connectivity index (χ1v) is 7.65. The molecule has 0 aliphatic heterocycles. The Bertz CT molecular complexity index is 443. The predicted molar refractivity (Wildman–Crippen MR) is 74.6 cm³/mol. The van der Waals surface area contributed by atoms with Gasteiger partial charge in [-0.3, -0.25) is 0 Å². The number of hydrogen-bond donors (Lipinski definition) is 1. The molecule has 18 heavy (non-hydrogen) atoms. The molecule has 1 fully saturated rings. The van der Waals surface area contributed by atoms with Crippen LogP contribution in [-0.4, -0.2) is 5.11 Å². The van der Waals surface area contributed by atoms with Gasteiger partial charge in [-0.15, -0.1) is 11.3 Å². The third kappa shape index (κ3) is 2.56. The fraction of sp³-hybridized carbons (Fsp3) is 0.643. The van der Waals surface area contributed by atoms with Crippen LogP contribution in [0.15, 0.2) is 12.1 Å². The monoisotopic (exact) mass is 283 g/mol.